The van der Waals surface area contributed by atoms with Crippen molar-refractivity contribution in [2.45, 2.75) is 36.1 Å². The van der Waals surface area contributed by atoms with E-state index in [9.17, 15) is 34.8 Å². The minimum Gasteiger partial charge on any atom is -0.454 e. The monoisotopic (exact) mass is 576 g/mol. The van der Waals surface area contributed by atoms with Crippen LogP contribution in [0.5, 0.6) is 6.01 Å². The van der Waals surface area contributed by atoms with Crippen molar-refractivity contribution in [1.82, 2.24) is 19.3 Å². The number of anilines is 3. The summed E-state index contributed by atoms with van der Waals surface area (Å²) in [5.41, 5.74) is -1.02. The molecule has 3 aromatic rings. The summed E-state index contributed by atoms with van der Waals surface area (Å²) in [6, 6.07) is 10.9. The summed E-state index contributed by atoms with van der Waals surface area (Å²) < 4.78 is 109. The first-order valence-electron chi connectivity index (χ1n) is 11.5. The minimum atomic E-state index is -4.69. The fourth-order valence-electron chi connectivity index (χ4n) is 3.75. The van der Waals surface area contributed by atoms with E-state index in [-0.39, 0.29) is 41.6 Å². The molecular weight excluding hydrogens is 554 g/mol. The maximum Gasteiger partial charge on any atom is 0.422 e. The molecule has 4 rings (SSSR count). The van der Waals surface area contributed by atoms with Crippen LogP contribution >= 0.6 is 0 Å². The molecule has 0 radical (unpaired) electrons. The highest BCUT2D eigenvalue weighted by molar-refractivity contribution is 7.89. The van der Waals surface area contributed by atoms with E-state index < -0.39 is 40.6 Å². The van der Waals surface area contributed by atoms with Gasteiger partial charge in [0.05, 0.1) is 10.5 Å². The molecule has 1 fully saturated rings. The minimum absolute atomic E-state index is 0.0665. The quantitative estimate of drug-likeness (QED) is 0.367. The normalized spacial score (nSPS) is 15.6. The Balaban J connectivity index is 1.49. The van der Waals surface area contributed by atoms with Crippen molar-refractivity contribution < 1.29 is 39.5 Å². The molecule has 0 saturated carbocycles. The summed E-state index contributed by atoms with van der Waals surface area (Å²) in [6.07, 6.45) is -8.65. The van der Waals surface area contributed by atoms with Crippen molar-refractivity contribution in [2.24, 2.45) is 0 Å². The molecule has 1 aliphatic heterocycles. The van der Waals surface area contributed by atoms with Crippen molar-refractivity contribution in [1.29, 1.82) is 0 Å². The average molecular weight is 577 g/mol. The number of nitrogens with zero attached hydrogens (tertiary/aromatic N) is 4. The molecule has 2 heterocycles. The number of ether oxygens (including phenoxy) is 1. The Bertz CT molecular complexity index is 1380. The topological polar surface area (TPSA) is 109 Å². The van der Waals surface area contributed by atoms with Gasteiger partial charge in [0, 0.05) is 24.8 Å². The predicted octanol–water partition coefficient (Wildman–Crippen LogP) is 4.84. The zero-order chi connectivity index (χ0) is 28.3. The number of benzene rings is 2. The van der Waals surface area contributed by atoms with E-state index in [2.05, 4.69) is 30.3 Å². The number of nitrogens with one attached hydrogen (secondary N) is 2. The first-order chi connectivity index (χ1) is 18.3. The van der Waals surface area contributed by atoms with E-state index in [1.54, 1.807) is 18.2 Å². The number of sulfonamides is 1. The van der Waals surface area contributed by atoms with Gasteiger partial charge in [-0.15, -0.1) is 0 Å². The van der Waals surface area contributed by atoms with Gasteiger partial charge in [-0.25, -0.2) is 8.42 Å². The Hall–Kier alpha value is -3.66. The summed E-state index contributed by atoms with van der Waals surface area (Å²) in [6.45, 7) is -1.38. The second kappa shape index (κ2) is 11.2. The van der Waals surface area contributed by atoms with Crippen LogP contribution in [0.4, 0.5) is 43.9 Å². The summed E-state index contributed by atoms with van der Waals surface area (Å²) in [4.78, 5) is 11.8. The highest BCUT2D eigenvalue weighted by Gasteiger charge is 2.32. The molecule has 0 aliphatic carbocycles. The Kier molecular flexibility index (Phi) is 8.15. The highest BCUT2D eigenvalue weighted by atomic mass is 32.2. The molecule has 210 valence electrons. The summed E-state index contributed by atoms with van der Waals surface area (Å²) in [7, 11) is -3.69. The van der Waals surface area contributed by atoms with E-state index in [1.807, 2.05) is 0 Å². The van der Waals surface area contributed by atoms with Gasteiger partial charge in [0.1, 0.15) is 0 Å². The zero-order valence-electron chi connectivity index (χ0n) is 20.0. The van der Waals surface area contributed by atoms with Crippen LogP contribution < -0.4 is 15.4 Å². The van der Waals surface area contributed by atoms with Gasteiger partial charge in [-0.05, 0) is 43.2 Å². The van der Waals surface area contributed by atoms with Crippen LogP contribution in [0.3, 0.4) is 0 Å². The maximum atomic E-state index is 13.1. The van der Waals surface area contributed by atoms with E-state index in [0.29, 0.717) is 12.8 Å². The fourth-order valence-corrected chi connectivity index (χ4v) is 5.25. The van der Waals surface area contributed by atoms with Crippen molar-refractivity contribution in [3.63, 3.8) is 0 Å². The third kappa shape index (κ3) is 7.69. The third-order valence-corrected chi connectivity index (χ3v) is 7.51. The Labute approximate surface area is 219 Å². The van der Waals surface area contributed by atoms with Crippen molar-refractivity contribution in [2.75, 3.05) is 30.3 Å². The first kappa shape index (κ1) is 28.4. The molecule has 1 aliphatic rings. The third-order valence-electron chi connectivity index (χ3n) is 5.59. The highest BCUT2D eigenvalue weighted by Crippen LogP contribution is 2.31. The SMILES string of the molecule is O=S(=O)(c1ccccc1)N1CCC(Nc2nc(Nc3cccc(C(F)(F)F)c3)nc(OCC(F)(F)F)n2)CC1. The van der Waals surface area contributed by atoms with Gasteiger partial charge >= 0.3 is 18.4 Å². The van der Waals surface area contributed by atoms with Crippen LogP contribution in [0.2, 0.25) is 0 Å². The van der Waals surface area contributed by atoms with Crippen LogP contribution in [-0.4, -0.2) is 59.6 Å². The lowest BCUT2D eigenvalue weighted by Crippen LogP contribution is -2.42. The Morgan fingerprint density at radius 2 is 1.56 bits per heavy atom. The Morgan fingerprint density at radius 1 is 0.897 bits per heavy atom. The summed E-state index contributed by atoms with van der Waals surface area (Å²) in [5.74, 6) is -0.547. The lowest BCUT2D eigenvalue weighted by atomic mass is 10.1. The van der Waals surface area contributed by atoms with Gasteiger partial charge in [-0.1, -0.05) is 24.3 Å². The molecule has 1 aromatic heterocycles. The van der Waals surface area contributed by atoms with E-state index in [0.717, 1.165) is 18.2 Å². The molecule has 2 aromatic carbocycles. The lowest BCUT2D eigenvalue weighted by Gasteiger charge is -2.31. The molecule has 2 N–H and O–H groups in total. The van der Waals surface area contributed by atoms with E-state index in [4.69, 9.17) is 0 Å². The largest absolute Gasteiger partial charge is 0.454 e. The molecule has 39 heavy (non-hydrogen) atoms. The summed E-state index contributed by atoms with van der Waals surface area (Å²) >= 11 is 0. The molecule has 0 atom stereocenters. The van der Waals surface area contributed by atoms with Gasteiger partial charge in [0.25, 0.3) is 0 Å². The second-order valence-electron chi connectivity index (χ2n) is 8.51. The second-order valence-corrected chi connectivity index (χ2v) is 10.4. The number of aromatic nitrogens is 3. The molecule has 0 unspecified atom stereocenters. The van der Waals surface area contributed by atoms with Gasteiger partial charge in [-0.3, -0.25) is 0 Å². The number of hydrogen-bond donors (Lipinski definition) is 2. The molecule has 0 amide bonds. The van der Waals surface area contributed by atoms with Crippen molar-refractivity contribution in [3.05, 3.63) is 60.2 Å². The van der Waals surface area contributed by atoms with E-state index in [1.165, 1.54) is 22.5 Å². The zero-order valence-corrected chi connectivity index (χ0v) is 20.8. The van der Waals surface area contributed by atoms with Crippen LogP contribution in [0.1, 0.15) is 18.4 Å². The van der Waals surface area contributed by atoms with Crippen molar-refractivity contribution >= 4 is 27.6 Å². The number of rotatable bonds is 8. The number of piperidine rings is 1. The molecular formula is C23H22F6N6O3S. The molecule has 1 saturated heterocycles. The van der Waals surface area contributed by atoms with Gasteiger partial charge in [-0.2, -0.15) is 45.6 Å². The van der Waals surface area contributed by atoms with Gasteiger partial charge in [0.15, 0.2) is 6.61 Å². The number of halogens is 6. The lowest BCUT2D eigenvalue weighted by molar-refractivity contribution is -0.154. The maximum absolute atomic E-state index is 13.1. The summed E-state index contributed by atoms with van der Waals surface area (Å²) in [5, 5.41) is 5.45. The average Bonchev–Trinajstić information content (AvgIpc) is 2.87. The number of hydrogen-bond acceptors (Lipinski definition) is 8. The van der Waals surface area contributed by atoms with Crippen LogP contribution in [0, 0.1) is 0 Å². The molecule has 9 nitrogen and oxygen atoms in total. The van der Waals surface area contributed by atoms with Crippen LogP contribution in [0.25, 0.3) is 0 Å². The van der Waals surface area contributed by atoms with Crippen LogP contribution in [-0.2, 0) is 16.2 Å². The smallest absolute Gasteiger partial charge is 0.422 e. The molecule has 0 bridgehead atoms. The number of alkyl halides is 6. The van der Waals surface area contributed by atoms with Gasteiger partial charge < -0.3 is 15.4 Å². The van der Waals surface area contributed by atoms with Gasteiger partial charge in [0.2, 0.25) is 21.9 Å². The fraction of sp³-hybridized carbons (Fsp3) is 0.348. The van der Waals surface area contributed by atoms with Crippen molar-refractivity contribution in [3.8, 4) is 6.01 Å². The molecule has 16 heteroatoms. The van der Waals surface area contributed by atoms with E-state index >= 15 is 0 Å². The first-order valence-corrected chi connectivity index (χ1v) is 13.0. The predicted molar refractivity (Wildman–Crippen MR) is 128 cm³/mol. The van der Waals surface area contributed by atoms with Crippen LogP contribution in [0.15, 0.2) is 59.5 Å². The Morgan fingerprint density at radius 3 is 2.21 bits per heavy atom. The standard InChI is InChI=1S/C23H22F6N6O3S/c24-22(25,26)14-38-21-33-19(32-20(34-21)31-17-6-4-5-15(13-17)23(27,28)29)30-16-9-11-35(12-10-16)39(36,37)18-7-2-1-3-8-18/h1-8,13,16H,9-12,14H2,(H2,30,31,32,33,34). The molecule has 0 spiro atoms.